The van der Waals surface area contributed by atoms with E-state index in [0.29, 0.717) is 12.1 Å². The second-order valence-corrected chi connectivity index (χ2v) is 5.48. The summed E-state index contributed by atoms with van der Waals surface area (Å²) in [5, 5.41) is 0. The number of nitrogens with two attached hydrogens (primary N) is 1. The Balaban J connectivity index is 1.91. The van der Waals surface area contributed by atoms with Gasteiger partial charge in [-0.25, -0.2) is 4.39 Å². The van der Waals surface area contributed by atoms with E-state index in [0.717, 1.165) is 19.4 Å². The minimum Gasteiger partial charge on any atom is -0.396 e. The monoisotopic (exact) mass is 270 g/mol. The van der Waals surface area contributed by atoms with E-state index in [2.05, 4.69) is 30.0 Å². The lowest BCUT2D eigenvalue weighted by molar-refractivity contribution is 0.602. The Labute approximate surface area is 119 Å². The number of fused-ring (bicyclic) bond motifs is 1. The molecule has 0 spiro atoms. The van der Waals surface area contributed by atoms with Gasteiger partial charge in [-0.1, -0.05) is 29.8 Å². The number of anilines is 2. The molecule has 0 saturated heterocycles. The standard InChI is InChI=1S/C17H19FN2/c1-12-7-8-16-13(10-12)5-3-9-20(16)11-14-4-2-6-15(19)17(14)18/h2,4,6-8,10H,3,5,9,11,19H2,1H3. The van der Waals surface area contributed by atoms with Gasteiger partial charge in [0.15, 0.2) is 5.82 Å². The maximum atomic E-state index is 14.0. The maximum Gasteiger partial charge on any atom is 0.151 e. The van der Waals surface area contributed by atoms with Crippen molar-refractivity contribution in [2.75, 3.05) is 17.2 Å². The first kappa shape index (κ1) is 13.0. The van der Waals surface area contributed by atoms with Crippen molar-refractivity contribution >= 4 is 11.4 Å². The van der Waals surface area contributed by atoms with E-state index in [1.807, 2.05) is 12.1 Å². The van der Waals surface area contributed by atoms with Gasteiger partial charge >= 0.3 is 0 Å². The van der Waals surface area contributed by atoms with Gasteiger partial charge in [0.1, 0.15) is 0 Å². The van der Waals surface area contributed by atoms with Gasteiger partial charge in [-0.2, -0.15) is 0 Å². The molecule has 0 saturated carbocycles. The number of nitrogens with zero attached hydrogens (tertiary/aromatic N) is 1. The van der Waals surface area contributed by atoms with Crippen molar-refractivity contribution in [3.63, 3.8) is 0 Å². The summed E-state index contributed by atoms with van der Waals surface area (Å²) in [5.74, 6) is -0.285. The van der Waals surface area contributed by atoms with Crippen LogP contribution in [0.1, 0.15) is 23.1 Å². The van der Waals surface area contributed by atoms with Crippen LogP contribution in [0.4, 0.5) is 15.8 Å². The number of benzene rings is 2. The van der Waals surface area contributed by atoms with E-state index in [-0.39, 0.29) is 11.5 Å². The molecule has 2 aromatic rings. The molecule has 0 unspecified atom stereocenters. The first-order valence-electron chi connectivity index (χ1n) is 7.02. The predicted octanol–water partition coefficient (Wildman–Crippen LogP) is 3.67. The van der Waals surface area contributed by atoms with Gasteiger partial charge in [-0.05, 0) is 37.5 Å². The number of halogens is 1. The van der Waals surface area contributed by atoms with E-state index in [1.54, 1.807) is 6.07 Å². The fourth-order valence-corrected chi connectivity index (χ4v) is 2.90. The molecule has 3 rings (SSSR count). The molecule has 0 amide bonds. The SMILES string of the molecule is Cc1ccc2c(c1)CCCN2Cc1cccc(N)c1F. The van der Waals surface area contributed by atoms with Crippen LogP contribution in [0.5, 0.6) is 0 Å². The van der Waals surface area contributed by atoms with Crippen molar-refractivity contribution in [1.29, 1.82) is 0 Å². The molecule has 2 N–H and O–H groups in total. The zero-order chi connectivity index (χ0) is 14.1. The van der Waals surface area contributed by atoms with Crippen molar-refractivity contribution in [2.45, 2.75) is 26.3 Å². The Morgan fingerprint density at radius 2 is 2.10 bits per heavy atom. The lowest BCUT2D eigenvalue weighted by atomic mass is 9.99. The third kappa shape index (κ3) is 2.36. The van der Waals surface area contributed by atoms with E-state index < -0.39 is 0 Å². The molecule has 0 aliphatic carbocycles. The van der Waals surface area contributed by atoms with Gasteiger partial charge in [0.2, 0.25) is 0 Å². The molecule has 20 heavy (non-hydrogen) atoms. The lowest BCUT2D eigenvalue weighted by Gasteiger charge is -2.31. The van der Waals surface area contributed by atoms with Crippen LogP contribution in [0.15, 0.2) is 36.4 Å². The third-order valence-corrected chi connectivity index (χ3v) is 3.92. The molecule has 2 aromatic carbocycles. The molecule has 104 valence electrons. The largest absolute Gasteiger partial charge is 0.396 e. The van der Waals surface area contributed by atoms with Crippen molar-refractivity contribution in [3.05, 3.63) is 58.9 Å². The Bertz CT molecular complexity index is 637. The van der Waals surface area contributed by atoms with Crippen LogP contribution in [-0.2, 0) is 13.0 Å². The van der Waals surface area contributed by atoms with E-state index in [9.17, 15) is 4.39 Å². The molecule has 0 aromatic heterocycles. The van der Waals surface area contributed by atoms with Crippen molar-refractivity contribution in [3.8, 4) is 0 Å². The summed E-state index contributed by atoms with van der Waals surface area (Å²) in [5.41, 5.74) is 10.4. The maximum absolute atomic E-state index is 14.0. The van der Waals surface area contributed by atoms with E-state index in [1.165, 1.54) is 16.8 Å². The number of hydrogen-bond donors (Lipinski definition) is 1. The molecular formula is C17H19FN2. The quantitative estimate of drug-likeness (QED) is 0.844. The van der Waals surface area contributed by atoms with Crippen LogP contribution < -0.4 is 10.6 Å². The van der Waals surface area contributed by atoms with E-state index >= 15 is 0 Å². The van der Waals surface area contributed by atoms with Crippen molar-refractivity contribution in [2.24, 2.45) is 0 Å². The first-order chi connectivity index (χ1) is 9.65. The van der Waals surface area contributed by atoms with Gasteiger partial charge < -0.3 is 10.6 Å². The molecule has 0 fully saturated rings. The Morgan fingerprint density at radius 3 is 2.95 bits per heavy atom. The van der Waals surface area contributed by atoms with Crippen LogP contribution in [-0.4, -0.2) is 6.54 Å². The first-order valence-corrected chi connectivity index (χ1v) is 7.02. The summed E-state index contributed by atoms with van der Waals surface area (Å²) in [6.07, 6.45) is 2.22. The predicted molar refractivity (Wildman–Crippen MR) is 81.4 cm³/mol. The highest BCUT2D eigenvalue weighted by Gasteiger charge is 2.18. The summed E-state index contributed by atoms with van der Waals surface area (Å²) in [7, 11) is 0. The smallest absolute Gasteiger partial charge is 0.151 e. The third-order valence-electron chi connectivity index (χ3n) is 3.92. The highest BCUT2D eigenvalue weighted by Crippen LogP contribution is 2.30. The minimum atomic E-state index is -0.285. The second-order valence-electron chi connectivity index (χ2n) is 5.48. The van der Waals surface area contributed by atoms with Crippen LogP contribution in [0, 0.1) is 12.7 Å². The molecule has 0 bridgehead atoms. The molecule has 1 aliphatic rings. The van der Waals surface area contributed by atoms with Crippen molar-refractivity contribution in [1.82, 2.24) is 0 Å². The van der Waals surface area contributed by atoms with Crippen molar-refractivity contribution < 1.29 is 4.39 Å². The average Bonchev–Trinajstić information content (AvgIpc) is 2.44. The number of hydrogen-bond acceptors (Lipinski definition) is 2. The number of rotatable bonds is 2. The molecule has 1 aliphatic heterocycles. The van der Waals surface area contributed by atoms with Crippen LogP contribution in [0.2, 0.25) is 0 Å². The van der Waals surface area contributed by atoms with E-state index in [4.69, 9.17) is 5.73 Å². The molecule has 2 nitrogen and oxygen atoms in total. The summed E-state index contributed by atoms with van der Waals surface area (Å²) in [4.78, 5) is 2.25. The zero-order valence-electron chi connectivity index (χ0n) is 11.7. The summed E-state index contributed by atoms with van der Waals surface area (Å²) in [6, 6.07) is 11.7. The molecule has 0 radical (unpaired) electrons. The summed E-state index contributed by atoms with van der Waals surface area (Å²) >= 11 is 0. The number of aryl methyl sites for hydroxylation is 2. The molecule has 3 heteroatoms. The highest BCUT2D eigenvalue weighted by molar-refractivity contribution is 5.57. The Morgan fingerprint density at radius 1 is 1.25 bits per heavy atom. The van der Waals surface area contributed by atoms with Crippen LogP contribution >= 0.6 is 0 Å². The summed E-state index contributed by atoms with van der Waals surface area (Å²) < 4.78 is 14.0. The number of nitrogen functional groups attached to an aromatic ring is 1. The fourth-order valence-electron chi connectivity index (χ4n) is 2.90. The Hall–Kier alpha value is -2.03. The highest BCUT2D eigenvalue weighted by atomic mass is 19.1. The zero-order valence-corrected chi connectivity index (χ0v) is 11.7. The topological polar surface area (TPSA) is 29.3 Å². The lowest BCUT2D eigenvalue weighted by Crippen LogP contribution is -2.29. The van der Waals surface area contributed by atoms with Gasteiger partial charge in [-0.3, -0.25) is 0 Å². The molecule has 1 heterocycles. The second kappa shape index (κ2) is 5.16. The minimum absolute atomic E-state index is 0.226. The normalized spacial score (nSPS) is 14.2. The van der Waals surface area contributed by atoms with Gasteiger partial charge in [-0.15, -0.1) is 0 Å². The Kier molecular flexibility index (Phi) is 3.35. The molecule has 0 atom stereocenters. The fraction of sp³-hybridized carbons (Fsp3) is 0.294. The summed E-state index contributed by atoms with van der Waals surface area (Å²) in [6.45, 7) is 3.65. The van der Waals surface area contributed by atoms with Gasteiger partial charge in [0.25, 0.3) is 0 Å². The average molecular weight is 270 g/mol. The van der Waals surface area contributed by atoms with Crippen LogP contribution in [0.3, 0.4) is 0 Å². The van der Waals surface area contributed by atoms with Crippen LogP contribution in [0.25, 0.3) is 0 Å². The molecular weight excluding hydrogens is 251 g/mol. The van der Waals surface area contributed by atoms with Gasteiger partial charge in [0.05, 0.1) is 5.69 Å². The van der Waals surface area contributed by atoms with Gasteiger partial charge in [0, 0.05) is 24.3 Å².